The third-order valence-corrected chi connectivity index (χ3v) is 5.52. The van der Waals surface area contributed by atoms with Gasteiger partial charge < -0.3 is 5.32 Å². The number of rotatable bonds is 6. The van der Waals surface area contributed by atoms with Gasteiger partial charge in [0.2, 0.25) is 5.91 Å². The Labute approximate surface area is 150 Å². The predicted molar refractivity (Wildman–Crippen MR) is 99.3 cm³/mol. The van der Waals surface area contributed by atoms with Gasteiger partial charge in [0.1, 0.15) is 0 Å². The van der Waals surface area contributed by atoms with E-state index < -0.39 is 4.92 Å². The fourth-order valence-electron chi connectivity index (χ4n) is 3.34. The number of nitro groups is 1. The third kappa shape index (κ3) is 4.33. The molecule has 2 aromatic rings. The minimum Gasteiger partial charge on any atom is -0.345 e. The van der Waals surface area contributed by atoms with Crippen LogP contribution < -0.4 is 5.32 Å². The monoisotopic (exact) mass is 356 g/mol. The summed E-state index contributed by atoms with van der Waals surface area (Å²) in [5, 5.41) is 16.2. The van der Waals surface area contributed by atoms with E-state index in [1.165, 1.54) is 35.9 Å². The maximum absolute atomic E-state index is 12.4. The topological polar surface area (TPSA) is 72.2 Å². The number of nitrogens with zero attached hydrogens (tertiary/aromatic N) is 1. The van der Waals surface area contributed by atoms with E-state index in [0.717, 1.165) is 12.8 Å². The number of carbonyl (C=O) groups is 1. The van der Waals surface area contributed by atoms with Crippen molar-refractivity contribution in [3.63, 3.8) is 0 Å². The molecule has 0 aliphatic heterocycles. The summed E-state index contributed by atoms with van der Waals surface area (Å²) in [6.07, 6.45) is 7.54. The summed E-state index contributed by atoms with van der Waals surface area (Å²) in [6, 6.07) is 10.5. The summed E-state index contributed by atoms with van der Waals surface area (Å²) in [5.41, 5.74) is 0.424. The standard InChI is InChI=1S/C19H20N2O3S/c22-18(12-11-14-6-3-4-9-16(14)21(23)24)20-19(15-7-1-2-8-15)17-10-5-13-25-17/h3-6,9-13,15,19H,1-2,7-8H2,(H,20,22)/b12-11+. The Balaban J connectivity index is 1.73. The molecule has 0 spiro atoms. The molecule has 3 rings (SSSR count). The van der Waals surface area contributed by atoms with Crippen LogP contribution in [0.1, 0.15) is 42.2 Å². The first kappa shape index (κ1) is 17.4. The quantitative estimate of drug-likeness (QED) is 0.462. The molecule has 0 radical (unpaired) electrons. The van der Waals surface area contributed by atoms with Crippen LogP contribution in [0.25, 0.3) is 6.08 Å². The Hall–Kier alpha value is -2.47. The van der Waals surface area contributed by atoms with Gasteiger partial charge in [0.15, 0.2) is 0 Å². The number of carbonyl (C=O) groups excluding carboxylic acids is 1. The van der Waals surface area contributed by atoms with Crippen molar-refractivity contribution in [2.75, 3.05) is 0 Å². The number of nitro benzene ring substituents is 1. The molecule has 25 heavy (non-hydrogen) atoms. The van der Waals surface area contributed by atoms with E-state index in [9.17, 15) is 14.9 Å². The molecule has 1 amide bonds. The number of thiophene rings is 1. The first-order valence-electron chi connectivity index (χ1n) is 8.40. The second-order valence-corrected chi connectivity index (χ2v) is 7.17. The van der Waals surface area contributed by atoms with Gasteiger partial charge in [-0.1, -0.05) is 31.0 Å². The van der Waals surface area contributed by atoms with E-state index in [2.05, 4.69) is 11.4 Å². The van der Waals surface area contributed by atoms with Gasteiger partial charge in [-0.3, -0.25) is 14.9 Å². The zero-order chi connectivity index (χ0) is 17.6. The molecule has 1 aromatic heterocycles. The molecule has 1 aromatic carbocycles. The molecule has 1 atom stereocenters. The number of nitrogens with one attached hydrogen (secondary N) is 1. The van der Waals surface area contributed by atoms with Gasteiger partial charge in [-0.15, -0.1) is 11.3 Å². The lowest BCUT2D eigenvalue weighted by molar-refractivity contribution is -0.385. The van der Waals surface area contributed by atoms with Crippen molar-refractivity contribution in [2.45, 2.75) is 31.7 Å². The number of para-hydroxylation sites is 1. The van der Waals surface area contributed by atoms with Gasteiger partial charge in [0.25, 0.3) is 5.69 Å². The zero-order valence-electron chi connectivity index (χ0n) is 13.8. The zero-order valence-corrected chi connectivity index (χ0v) is 14.6. The second kappa shape index (κ2) is 8.07. The molecule has 6 heteroatoms. The van der Waals surface area contributed by atoms with Crippen LogP contribution in [0.15, 0.2) is 47.9 Å². The van der Waals surface area contributed by atoms with Gasteiger partial charge in [-0.25, -0.2) is 0 Å². The maximum Gasteiger partial charge on any atom is 0.276 e. The Morgan fingerprint density at radius 1 is 1.24 bits per heavy atom. The Morgan fingerprint density at radius 3 is 2.68 bits per heavy atom. The van der Waals surface area contributed by atoms with E-state index in [0.29, 0.717) is 11.5 Å². The molecule has 1 unspecified atom stereocenters. The smallest absolute Gasteiger partial charge is 0.276 e. The molecule has 0 bridgehead atoms. The van der Waals surface area contributed by atoms with Gasteiger partial charge in [0.05, 0.1) is 16.5 Å². The average Bonchev–Trinajstić information content (AvgIpc) is 3.31. The van der Waals surface area contributed by atoms with Crippen molar-refractivity contribution < 1.29 is 9.72 Å². The van der Waals surface area contributed by atoms with Crippen LogP contribution in [0.3, 0.4) is 0 Å². The molecular weight excluding hydrogens is 336 g/mol. The van der Waals surface area contributed by atoms with Crippen molar-refractivity contribution in [3.05, 3.63) is 68.4 Å². The SMILES string of the molecule is O=C(/C=C/c1ccccc1[N+](=O)[O-])NC(c1cccs1)C1CCCC1. The summed E-state index contributed by atoms with van der Waals surface area (Å²) in [5.74, 6) is 0.241. The van der Waals surface area contributed by atoms with E-state index in [-0.39, 0.29) is 17.6 Å². The number of amides is 1. The van der Waals surface area contributed by atoms with Crippen molar-refractivity contribution >= 4 is 29.0 Å². The minimum atomic E-state index is -0.440. The summed E-state index contributed by atoms with van der Waals surface area (Å²) >= 11 is 1.65. The van der Waals surface area contributed by atoms with Crippen LogP contribution >= 0.6 is 11.3 Å². The third-order valence-electron chi connectivity index (χ3n) is 4.57. The van der Waals surface area contributed by atoms with Crippen LogP contribution in [-0.2, 0) is 4.79 Å². The van der Waals surface area contributed by atoms with E-state index >= 15 is 0 Å². The highest BCUT2D eigenvalue weighted by Crippen LogP contribution is 2.37. The van der Waals surface area contributed by atoms with Crippen LogP contribution in [0.4, 0.5) is 5.69 Å². The number of hydrogen-bond acceptors (Lipinski definition) is 4. The van der Waals surface area contributed by atoms with E-state index in [1.54, 1.807) is 29.5 Å². The molecular formula is C19H20N2O3S. The van der Waals surface area contributed by atoms with Crippen LogP contribution in [-0.4, -0.2) is 10.8 Å². The lowest BCUT2D eigenvalue weighted by Gasteiger charge is -2.23. The number of benzene rings is 1. The first-order valence-corrected chi connectivity index (χ1v) is 9.28. The lowest BCUT2D eigenvalue weighted by Crippen LogP contribution is -2.30. The fraction of sp³-hybridized carbons (Fsp3) is 0.316. The van der Waals surface area contributed by atoms with E-state index in [4.69, 9.17) is 0 Å². The predicted octanol–water partition coefficient (Wildman–Crippen LogP) is 4.72. The van der Waals surface area contributed by atoms with Crippen molar-refractivity contribution in [3.8, 4) is 0 Å². The van der Waals surface area contributed by atoms with Gasteiger partial charge >= 0.3 is 0 Å². The first-order chi connectivity index (χ1) is 12.1. The molecule has 5 nitrogen and oxygen atoms in total. The highest BCUT2D eigenvalue weighted by molar-refractivity contribution is 7.10. The fourth-order valence-corrected chi connectivity index (χ4v) is 4.21. The van der Waals surface area contributed by atoms with Crippen LogP contribution in [0.5, 0.6) is 0 Å². The van der Waals surface area contributed by atoms with Gasteiger partial charge in [-0.2, -0.15) is 0 Å². The molecule has 1 aliphatic carbocycles. The summed E-state index contributed by atoms with van der Waals surface area (Å²) in [4.78, 5) is 24.2. The van der Waals surface area contributed by atoms with Gasteiger partial charge in [-0.05, 0) is 42.3 Å². The van der Waals surface area contributed by atoms with Crippen molar-refractivity contribution in [1.82, 2.24) is 5.32 Å². The summed E-state index contributed by atoms with van der Waals surface area (Å²) in [7, 11) is 0. The van der Waals surface area contributed by atoms with Crippen molar-refractivity contribution in [2.24, 2.45) is 5.92 Å². The molecule has 1 fully saturated rings. The van der Waals surface area contributed by atoms with Gasteiger partial charge in [0, 0.05) is 17.0 Å². The molecule has 0 saturated heterocycles. The molecule has 1 saturated carbocycles. The highest BCUT2D eigenvalue weighted by Gasteiger charge is 2.27. The molecule has 130 valence electrons. The molecule has 1 aliphatic rings. The summed E-state index contributed by atoms with van der Waals surface area (Å²) in [6.45, 7) is 0. The highest BCUT2D eigenvalue weighted by atomic mass is 32.1. The van der Waals surface area contributed by atoms with E-state index in [1.807, 2.05) is 11.4 Å². The molecule has 1 N–H and O–H groups in total. The Morgan fingerprint density at radius 2 is 2.00 bits per heavy atom. The Kier molecular flexibility index (Phi) is 5.60. The largest absolute Gasteiger partial charge is 0.345 e. The van der Waals surface area contributed by atoms with Crippen LogP contribution in [0.2, 0.25) is 0 Å². The number of hydrogen-bond donors (Lipinski definition) is 1. The summed E-state index contributed by atoms with van der Waals surface area (Å²) < 4.78 is 0. The Bertz CT molecular complexity index is 765. The average molecular weight is 356 g/mol. The van der Waals surface area contributed by atoms with Crippen molar-refractivity contribution in [1.29, 1.82) is 0 Å². The normalized spacial score (nSPS) is 16.2. The minimum absolute atomic E-state index is 0.00264. The molecule has 1 heterocycles. The lowest BCUT2D eigenvalue weighted by atomic mass is 9.96. The van der Waals surface area contributed by atoms with Crippen LogP contribution in [0, 0.1) is 16.0 Å². The second-order valence-electron chi connectivity index (χ2n) is 6.20. The maximum atomic E-state index is 12.4.